The van der Waals surface area contributed by atoms with Gasteiger partial charge in [-0.15, -0.1) is 15.3 Å². The number of nitrogens with zero attached hydrogens (tertiary/aromatic N) is 4. The van der Waals surface area contributed by atoms with Crippen LogP contribution in [-0.4, -0.2) is 45.5 Å². The maximum absolute atomic E-state index is 13.5. The van der Waals surface area contributed by atoms with Crippen LogP contribution < -0.4 is 14.8 Å². The van der Waals surface area contributed by atoms with E-state index in [-0.39, 0.29) is 31.5 Å². The van der Waals surface area contributed by atoms with Crippen molar-refractivity contribution in [2.45, 2.75) is 0 Å². The van der Waals surface area contributed by atoms with Crippen LogP contribution in [0, 0.1) is 5.82 Å². The van der Waals surface area contributed by atoms with Gasteiger partial charge in [-0.05, 0) is 42.5 Å². The van der Waals surface area contributed by atoms with Crippen LogP contribution in [-0.2, 0) is 4.79 Å². The van der Waals surface area contributed by atoms with Crippen LogP contribution >= 0.6 is 11.6 Å². The third-order valence-corrected chi connectivity index (χ3v) is 4.43. The molecule has 0 aliphatic rings. The molecule has 0 aliphatic heterocycles. The summed E-state index contributed by atoms with van der Waals surface area (Å²) in [6, 6.07) is 16.1. The molecule has 1 amide bonds. The Morgan fingerprint density at radius 3 is 2.71 bits per heavy atom. The van der Waals surface area contributed by atoms with Crippen LogP contribution in [0.2, 0.25) is 5.02 Å². The van der Waals surface area contributed by atoms with Crippen LogP contribution in [0.15, 0.2) is 60.7 Å². The number of ether oxygens (including phenoxy) is 2. The molecule has 0 radical (unpaired) electrons. The highest BCUT2D eigenvalue weighted by Gasteiger charge is 2.11. The maximum atomic E-state index is 13.5. The van der Waals surface area contributed by atoms with Crippen molar-refractivity contribution in [3.63, 3.8) is 0 Å². The molecule has 2 aromatic carbocycles. The molecule has 0 saturated carbocycles. The minimum atomic E-state index is -0.377. The normalized spacial score (nSPS) is 10.8. The van der Waals surface area contributed by atoms with Gasteiger partial charge in [0.25, 0.3) is 5.91 Å². The third kappa shape index (κ3) is 5.26. The molecule has 0 saturated heterocycles. The second kappa shape index (κ2) is 9.40. The lowest BCUT2D eigenvalue weighted by atomic mass is 10.2. The van der Waals surface area contributed by atoms with Gasteiger partial charge in [0.1, 0.15) is 18.2 Å². The smallest absolute Gasteiger partial charge is 0.258 e. The summed E-state index contributed by atoms with van der Waals surface area (Å²) in [7, 11) is 0. The van der Waals surface area contributed by atoms with Gasteiger partial charge in [-0.3, -0.25) is 4.79 Å². The topological polar surface area (TPSA) is 90.6 Å². The van der Waals surface area contributed by atoms with Crippen molar-refractivity contribution in [2.75, 3.05) is 19.8 Å². The summed E-state index contributed by atoms with van der Waals surface area (Å²) >= 11 is 5.80. The number of halogens is 2. The van der Waals surface area contributed by atoms with Crippen molar-refractivity contribution in [3.05, 3.63) is 71.5 Å². The highest BCUT2D eigenvalue weighted by Crippen LogP contribution is 2.20. The fourth-order valence-corrected chi connectivity index (χ4v) is 2.86. The van der Waals surface area contributed by atoms with E-state index in [1.807, 2.05) is 0 Å². The number of nitrogens with one attached hydrogen (secondary N) is 1. The molecule has 0 spiro atoms. The Kier molecular flexibility index (Phi) is 6.23. The van der Waals surface area contributed by atoms with E-state index in [0.29, 0.717) is 33.7 Å². The molecule has 0 aliphatic carbocycles. The van der Waals surface area contributed by atoms with Crippen LogP contribution in [0.5, 0.6) is 11.6 Å². The van der Waals surface area contributed by atoms with E-state index in [1.165, 1.54) is 16.6 Å². The number of aromatic nitrogens is 4. The molecule has 10 heteroatoms. The highest BCUT2D eigenvalue weighted by molar-refractivity contribution is 6.30. The van der Waals surface area contributed by atoms with Crippen molar-refractivity contribution in [1.29, 1.82) is 0 Å². The van der Waals surface area contributed by atoms with Gasteiger partial charge in [0, 0.05) is 16.7 Å². The van der Waals surface area contributed by atoms with Crippen LogP contribution in [0.4, 0.5) is 4.39 Å². The molecule has 0 unspecified atom stereocenters. The first-order valence-corrected chi connectivity index (χ1v) is 9.72. The Morgan fingerprint density at radius 1 is 1.06 bits per heavy atom. The van der Waals surface area contributed by atoms with Gasteiger partial charge in [0.15, 0.2) is 18.1 Å². The third-order valence-electron chi connectivity index (χ3n) is 4.18. The molecule has 8 nitrogen and oxygen atoms in total. The van der Waals surface area contributed by atoms with E-state index < -0.39 is 0 Å². The predicted octanol–water partition coefficient (Wildman–Crippen LogP) is 3.16. The number of amides is 1. The zero-order valence-electron chi connectivity index (χ0n) is 16.2. The summed E-state index contributed by atoms with van der Waals surface area (Å²) in [5.74, 6) is 0.604. The molecule has 31 heavy (non-hydrogen) atoms. The monoisotopic (exact) mass is 441 g/mol. The van der Waals surface area contributed by atoms with Gasteiger partial charge in [-0.2, -0.15) is 4.52 Å². The van der Waals surface area contributed by atoms with Crippen LogP contribution in [0.25, 0.3) is 17.0 Å². The lowest BCUT2D eigenvalue weighted by Crippen LogP contribution is -2.32. The Morgan fingerprint density at radius 2 is 1.90 bits per heavy atom. The molecule has 4 aromatic rings. The number of hydrogen-bond acceptors (Lipinski definition) is 6. The minimum Gasteiger partial charge on any atom is -0.484 e. The van der Waals surface area contributed by atoms with Crippen molar-refractivity contribution >= 4 is 23.2 Å². The second-order valence-electron chi connectivity index (χ2n) is 6.42. The SMILES string of the molecule is O=C(COc1ccc(Cl)cc1)NCCOc1ccc2nnc(-c3cccc(F)c3)n2n1. The first-order valence-electron chi connectivity index (χ1n) is 9.35. The summed E-state index contributed by atoms with van der Waals surface area (Å²) in [4.78, 5) is 11.9. The van der Waals surface area contributed by atoms with Crippen LogP contribution in [0.1, 0.15) is 0 Å². The summed E-state index contributed by atoms with van der Waals surface area (Å²) in [5.41, 5.74) is 1.05. The number of carbonyl (C=O) groups is 1. The van der Waals surface area contributed by atoms with Gasteiger partial charge in [-0.25, -0.2) is 4.39 Å². The summed E-state index contributed by atoms with van der Waals surface area (Å²) in [6.45, 7) is 0.341. The second-order valence-corrected chi connectivity index (χ2v) is 6.85. The molecule has 0 atom stereocenters. The fraction of sp³-hybridized carbons (Fsp3) is 0.143. The van der Waals surface area contributed by atoms with E-state index in [4.69, 9.17) is 21.1 Å². The van der Waals surface area contributed by atoms with Gasteiger partial charge in [0.05, 0.1) is 6.54 Å². The number of benzene rings is 2. The number of hydrogen-bond donors (Lipinski definition) is 1. The van der Waals surface area contributed by atoms with Crippen molar-refractivity contribution < 1.29 is 18.7 Å². The Labute approximate surface area is 181 Å². The van der Waals surface area contributed by atoms with E-state index in [1.54, 1.807) is 48.5 Å². The predicted molar refractivity (Wildman–Crippen MR) is 112 cm³/mol. The molecule has 158 valence electrons. The Hall–Kier alpha value is -3.72. The zero-order chi connectivity index (χ0) is 21.6. The van der Waals surface area contributed by atoms with Crippen molar-refractivity contribution in [3.8, 4) is 23.0 Å². The van der Waals surface area contributed by atoms with E-state index >= 15 is 0 Å². The van der Waals surface area contributed by atoms with Gasteiger partial charge < -0.3 is 14.8 Å². The van der Waals surface area contributed by atoms with Gasteiger partial charge in [0.2, 0.25) is 5.88 Å². The van der Waals surface area contributed by atoms with Gasteiger partial charge >= 0.3 is 0 Å². The number of fused-ring (bicyclic) bond motifs is 1. The first kappa shape index (κ1) is 20.5. The molecule has 1 N–H and O–H groups in total. The molecular formula is C21H17ClFN5O3. The molecule has 2 heterocycles. The van der Waals surface area contributed by atoms with Crippen LogP contribution in [0.3, 0.4) is 0 Å². The molecule has 0 bridgehead atoms. The molecule has 4 rings (SSSR count). The molecule has 0 fully saturated rings. The van der Waals surface area contributed by atoms with E-state index in [2.05, 4.69) is 20.6 Å². The van der Waals surface area contributed by atoms with Crippen molar-refractivity contribution in [2.24, 2.45) is 0 Å². The summed E-state index contributed by atoms with van der Waals surface area (Å²) in [5, 5.41) is 15.7. The van der Waals surface area contributed by atoms with E-state index in [0.717, 1.165) is 0 Å². The lowest BCUT2D eigenvalue weighted by molar-refractivity contribution is -0.123. The average molecular weight is 442 g/mol. The standard InChI is InChI=1S/C21H17ClFN5O3/c22-15-4-6-17(7-5-15)31-13-19(29)24-10-11-30-20-9-8-18-25-26-21(28(18)27-20)14-2-1-3-16(23)12-14/h1-9,12H,10-11,13H2,(H,24,29). The maximum Gasteiger partial charge on any atom is 0.258 e. The lowest BCUT2D eigenvalue weighted by Gasteiger charge is -2.09. The van der Waals surface area contributed by atoms with E-state index in [9.17, 15) is 9.18 Å². The average Bonchev–Trinajstić information content (AvgIpc) is 3.20. The summed E-state index contributed by atoms with van der Waals surface area (Å²) in [6.07, 6.45) is 0. The Bertz CT molecular complexity index is 1200. The molecule has 2 aromatic heterocycles. The summed E-state index contributed by atoms with van der Waals surface area (Å²) < 4.78 is 26.0. The van der Waals surface area contributed by atoms with Gasteiger partial charge in [-0.1, -0.05) is 23.7 Å². The number of carbonyl (C=O) groups excluding carboxylic acids is 1. The molecular weight excluding hydrogens is 425 g/mol. The largest absolute Gasteiger partial charge is 0.484 e. The quantitative estimate of drug-likeness (QED) is 0.422. The number of rotatable bonds is 8. The van der Waals surface area contributed by atoms with Crippen molar-refractivity contribution in [1.82, 2.24) is 25.1 Å². The highest BCUT2D eigenvalue weighted by atomic mass is 35.5. The zero-order valence-corrected chi connectivity index (χ0v) is 16.9. The first-order chi connectivity index (χ1) is 15.1. The minimum absolute atomic E-state index is 0.121. The fourth-order valence-electron chi connectivity index (χ4n) is 2.73. The Balaban J connectivity index is 1.29.